The molecule has 2 rings (SSSR count). The molecule has 0 unspecified atom stereocenters. The zero-order chi connectivity index (χ0) is 11.9. The monoisotopic (exact) mass is 246 g/mol. The summed E-state index contributed by atoms with van der Waals surface area (Å²) in [7, 11) is 0. The number of anilines is 1. The Kier molecular flexibility index (Phi) is 2.43. The van der Waals surface area contributed by atoms with Crippen LogP contribution in [0.25, 0.3) is 5.69 Å². The van der Waals surface area contributed by atoms with Crippen molar-refractivity contribution >= 4 is 18.2 Å². The van der Waals surface area contributed by atoms with Gasteiger partial charge in [0.2, 0.25) is 10.7 Å². The Balaban J connectivity index is 2.76. The first-order valence-electron chi connectivity index (χ1n) is 4.09. The van der Waals surface area contributed by atoms with Crippen molar-refractivity contribution in [3.63, 3.8) is 0 Å². The first-order chi connectivity index (χ1) is 7.52. The summed E-state index contributed by atoms with van der Waals surface area (Å²) < 4.78 is 40.0. The number of halogens is 3. The van der Waals surface area contributed by atoms with Crippen molar-refractivity contribution in [3.8, 4) is 5.69 Å². The third-order valence-corrected chi connectivity index (χ3v) is 2.23. The maximum Gasteiger partial charge on any atom is 0.225 e. The largest absolute Gasteiger partial charge is 0.368 e. The Labute approximate surface area is 92.5 Å². The van der Waals surface area contributed by atoms with Crippen LogP contribution in [0.15, 0.2) is 12.1 Å². The second-order valence-corrected chi connectivity index (χ2v) is 3.30. The normalized spacial score (nSPS) is 10.7. The van der Waals surface area contributed by atoms with E-state index in [9.17, 15) is 13.2 Å². The topological polar surface area (TPSA) is 59.6 Å². The van der Waals surface area contributed by atoms with Crippen LogP contribution in [0.4, 0.5) is 19.1 Å². The smallest absolute Gasteiger partial charge is 0.225 e. The molecule has 0 fully saturated rings. The van der Waals surface area contributed by atoms with E-state index in [0.717, 1.165) is 16.7 Å². The van der Waals surface area contributed by atoms with Gasteiger partial charge in [0.25, 0.3) is 0 Å². The van der Waals surface area contributed by atoms with Gasteiger partial charge in [-0.15, -0.1) is 5.10 Å². The fraction of sp³-hybridized carbons (Fsp3) is 0. The third kappa shape index (κ3) is 1.47. The van der Waals surface area contributed by atoms with Crippen molar-refractivity contribution in [2.24, 2.45) is 0 Å². The number of H-pyrrole nitrogens is 1. The molecule has 3 N–H and O–H groups in total. The maximum atomic E-state index is 13.4. The van der Waals surface area contributed by atoms with Crippen LogP contribution in [-0.4, -0.2) is 14.8 Å². The lowest BCUT2D eigenvalue weighted by atomic mass is 10.3. The molecule has 16 heavy (non-hydrogen) atoms. The van der Waals surface area contributed by atoms with Gasteiger partial charge in [-0.2, -0.15) is 0 Å². The van der Waals surface area contributed by atoms with Crippen LogP contribution >= 0.6 is 12.2 Å². The van der Waals surface area contributed by atoms with Crippen molar-refractivity contribution < 1.29 is 13.2 Å². The number of nitrogens with two attached hydrogens (primary N) is 1. The number of aromatic nitrogens is 3. The second-order valence-electron chi connectivity index (χ2n) is 2.92. The van der Waals surface area contributed by atoms with Crippen molar-refractivity contribution in [2.75, 3.05) is 5.73 Å². The van der Waals surface area contributed by atoms with Crippen molar-refractivity contribution in [2.45, 2.75) is 0 Å². The van der Waals surface area contributed by atoms with Gasteiger partial charge in [-0.3, -0.25) is 4.57 Å². The van der Waals surface area contributed by atoms with Gasteiger partial charge in [-0.25, -0.2) is 18.3 Å². The van der Waals surface area contributed by atoms with E-state index in [0.29, 0.717) is 0 Å². The zero-order valence-electron chi connectivity index (χ0n) is 7.67. The molecule has 2 aromatic rings. The van der Waals surface area contributed by atoms with Gasteiger partial charge < -0.3 is 5.73 Å². The van der Waals surface area contributed by atoms with E-state index in [4.69, 9.17) is 18.0 Å². The summed E-state index contributed by atoms with van der Waals surface area (Å²) in [5, 5.41) is 5.83. The van der Waals surface area contributed by atoms with Crippen LogP contribution in [0.5, 0.6) is 0 Å². The maximum absolute atomic E-state index is 13.4. The predicted molar refractivity (Wildman–Crippen MR) is 53.0 cm³/mol. The fourth-order valence-electron chi connectivity index (χ4n) is 1.23. The molecule has 84 valence electrons. The summed E-state index contributed by atoms with van der Waals surface area (Å²) in [6, 6.07) is 1.80. The highest BCUT2D eigenvalue weighted by Gasteiger charge is 2.17. The average molecular weight is 246 g/mol. The quantitative estimate of drug-likeness (QED) is 0.597. The van der Waals surface area contributed by atoms with Gasteiger partial charge in [0.1, 0.15) is 0 Å². The molecule has 0 spiro atoms. The summed E-state index contributed by atoms with van der Waals surface area (Å²) in [5.74, 6) is -4.38. The molecule has 0 aliphatic carbocycles. The molecule has 4 nitrogen and oxygen atoms in total. The minimum atomic E-state index is -1.58. The van der Waals surface area contributed by atoms with E-state index >= 15 is 0 Å². The van der Waals surface area contributed by atoms with Crippen LogP contribution in [-0.2, 0) is 0 Å². The highest BCUT2D eigenvalue weighted by molar-refractivity contribution is 7.71. The van der Waals surface area contributed by atoms with Crippen LogP contribution in [0.1, 0.15) is 0 Å². The summed E-state index contributed by atoms with van der Waals surface area (Å²) in [6.07, 6.45) is 0. The molecular weight excluding hydrogens is 241 g/mol. The van der Waals surface area contributed by atoms with Crippen molar-refractivity contribution in [3.05, 3.63) is 34.4 Å². The van der Waals surface area contributed by atoms with E-state index in [1.54, 1.807) is 0 Å². The van der Waals surface area contributed by atoms with E-state index in [1.165, 1.54) is 0 Å². The molecule has 1 aromatic carbocycles. The predicted octanol–water partition coefficient (Wildman–Crippen LogP) is 1.93. The number of hydrogen-bond donors (Lipinski definition) is 2. The molecule has 0 aliphatic heterocycles. The van der Waals surface area contributed by atoms with Crippen LogP contribution in [0, 0.1) is 22.2 Å². The van der Waals surface area contributed by atoms with Crippen LogP contribution < -0.4 is 5.73 Å². The lowest BCUT2D eigenvalue weighted by Gasteiger charge is -2.05. The second kappa shape index (κ2) is 3.63. The van der Waals surface area contributed by atoms with E-state index in [2.05, 4.69) is 10.2 Å². The molecule has 8 heteroatoms. The minimum Gasteiger partial charge on any atom is -0.368 e. The van der Waals surface area contributed by atoms with Gasteiger partial charge in [-0.05, 0) is 24.4 Å². The minimum absolute atomic E-state index is 0.0117. The first-order valence-corrected chi connectivity index (χ1v) is 4.50. The number of rotatable bonds is 1. The van der Waals surface area contributed by atoms with Gasteiger partial charge >= 0.3 is 0 Å². The number of nitrogens with one attached hydrogen (secondary N) is 1. The summed E-state index contributed by atoms with van der Waals surface area (Å²) in [4.78, 5) is 0. The molecule has 1 aromatic heterocycles. The first kappa shape index (κ1) is 10.7. The molecule has 0 bridgehead atoms. The Hall–Kier alpha value is -1.83. The Morgan fingerprint density at radius 3 is 2.50 bits per heavy atom. The standard InChI is InChI=1S/C8H5F3N4S/c9-3-1-2-4(6(11)5(3)10)15-7(12)13-14-8(15)16/h1-2H,(H2,12,13)(H,14,16). The van der Waals surface area contributed by atoms with Crippen molar-refractivity contribution in [1.29, 1.82) is 0 Å². The fourth-order valence-corrected chi connectivity index (χ4v) is 1.47. The SMILES string of the molecule is Nc1n[nH]c(=S)n1-c1ccc(F)c(F)c1F. The Morgan fingerprint density at radius 1 is 1.25 bits per heavy atom. The summed E-state index contributed by atoms with van der Waals surface area (Å²) >= 11 is 4.77. The molecule has 0 radical (unpaired) electrons. The van der Waals surface area contributed by atoms with Gasteiger partial charge in [-0.1, -0.05) is 0 Å². The number of nitrogen functional groups attached to an aromatic ring is 1. The van der Waals surface area contributed by atoms with Gasteiger partial charge in [0, 0.05) is 0 Å². The van der Waals surface area contributed by atoms with Gasteiger partial charge in [0.05, 0.1) is 5.69 Å². The lowest BCUT2D eigenvalue weighted by Crippen LogP contribution is -2.05. The van der Waals surface area contributed by atoms with Crippen LogP contribution in [0.2, 0.25) is 0 Å². The summed E-state index contributed by atoms with van der Waals surface area (Å²) in [5.41, 5.74) is 5.11. The van der Waals surface area contributed by atoms with E-state index in [1.807, 2.05) is 0 Å². The number of benzene rings is 1. The third-order valence-electron chi connectivity index (χ3n) is 1.95. The zero-order valence-corrected chi connectivity index (χ0v) is 8.49. The lowest BCUT2D eigenvalue weighted by molar-refractivity contribution is 0.444. The number of hydrogen-bond acceptors (Lipinski definition) is 3. The molecule has 0 saturated heterocycles. The molecule has 1 heterocycles. The number of nitrogens with zero attached hydrogens (tertiary/aromatic N) is 2. The molecule has 0 atom stereocenters. The molecular formula is C8H5F3N4S. The Bertz CT molecular complexity index is 604. The highest BCUT2D eigenvalue weighted by atomic mass is 32.1. The van der Waals surface area contributed by atoms with Crippen LogP contribution in [0.3, 0.4) is 0 Å². The molecule has 0 amide bonds. The van der Waals surface area contributed by atoms with Gasteiger partial charge in [0.15, 0.2) is 17.5 Å². The molecule has 0 aliphatic rings. The van der Waals surface area contributed by atoms with Crippen molar-refractivity contribution in [1.82, 2.24) is 14.8 Å². The average Bonchev–Trinajstić information content (AvgIpc) is 2.57. The highest BCUT2D eigenvalue weighted by Crippen LogP contribution is 2.20. The van der Waals surface area contributed by atoms with E-state index < -0.39 is 17.5 Å². The molecule has 0 saturated carbocycles. The number of aromatic amines is 1. The van der Waals surface area contributed by atoms with E-state index in [-0.39, 0.29) is 16.4 Å². The summed E-state index contributed by atoms with van der Waals surface area (Å²) in [6.45, 7) is 0. The Morgan fingerprint density at radius 2 is 1.94 bits per heavy atom.